The zero-order valence-corrected chi connectivity index (χ0v) is 17.4. The molecule has 26 heavy (non-hydrogen) atoms. The number of rotatable bonds is 16. The third kappa shape index (κ3) is 9.35. The molecule has 0 unspecified atom stereocenters. The molecule has 0 saturated heterocycles. The Morgan fingerprint density at radius 2 is 1.27 bits per heavy atom. The van der Waals surface area contributed by atoms with Crippen LogP contribution >= 0.6 is 0 Å². The zero-order chi connectivity index (χ0) is 19.0. The summed E-state index contributed by atoms with van der Waals surface area (Å²) in [4.78, 5) is 0. The fraction of sp³-hybridized carbons (Fsp3) is 0.739. The van der Waals surface area contributed by atoms with Gasteiger partial charge in [-0.15, -0.1) is 0 Å². The Labute approximate surface area is 161 Å². The Morgan fingerprint density at radius 3 is 1.85 bits per heavy atom. The van der Waals surface area contributed by atoms with Gasteiger partial charge in [0.2, 0.25) is 0 Å². The summed E-state index contributed by atoms with van der Waals surface area (Å²) in [6.07, 6.45) is 16.8. The van der Waals surface area contributed by atoms with Gasteiger partial charge in [0.25, 0.3) is 0 Å². The van der Waals surface area contributed by atoms with Crippen LogP contribution < -0.4 is 15.2 Å². The van der Waals surface area contributed by atoms with Crippen molar-refractivity contribution in [2.45, 2.75) is 97.3 Å². The topological polar surface area (TPSA) is 44.5 Å². The average Bonchev–Trinajstić information content (AvgIpc) is 2.65. The van der Waals surface area contributed by atoms with Crippen molar-refractivity contribution >= 4 is 5.69 Å². The van der Waals surface area contributed by atoms with Crippen molar-refractivity contribution in [3.8, 4) is 11.5 Å². The van der Waals surface area contributed by atoms with E-state index in [0.29, 0.717) is 12.3 Å². The molecular formula is C23H41NO2. The molecule has 3 nitrogen and oxygen atoms in total. The Kier molecular flexibility index (Phi) is 12.9. The normalized spacial score (nSPS) is 10.9. The summed E-state index contributed by atoms with van der Waals surface area (Å²) in [6, 6.07) is 4.16. The first-order chi connectivity index (χ1) is 12.7. The number of hydrogen-bond acceptors (Lipinski definition) is 3. The molecule has 1 rings (SSSR count). The number of aryl methyl sites for hydroxylation is 1. The molecule has 1 aromatic rings. The van der Waals surface area contributed by atoms with E-state index >= 15 is 0 Å². The first-order valence-electron chi connectivity index (χ1n) is 10.8. The molecule has 0 aliphatic heterocycles. The first-order valence-corrected chi connectivity index (χ1v) is 10.8. The third-order valence-electron chi connectivity index (χ3n) is 4.96. The highest BCUT2D eigenvalue weighted by atomic mass is 16.5. The second-order valence-corrected chi connectivity index (χ2v) is 7.34. The van der Waals surface area contributed by atoms with E-state index in [1.807, 2.05) is 0 Å². The molecule has 0 amide bonds. The highest BCUT2D eigenvalue weighted by molar-refractivity contribution is 5.64. The van der Waals surface area contributed by atoms with E-state index in [1.165, 1.54) is 69.8 Å². The lowest BCUT2D eigenvalue weighted by Crippen LogP contribution is -2.03. The minimum atomic E-state index is 0.621. The fourth-order valence-corrected chi connectivity index (χ4v) is 3.23. The van der Waals surface area contributed by atoms with Crippen LogP contribution in [-0.2, 0) is 6.42 Å². The number of hydrogen-bond donors (Lipinski definition) is 1. The number of anilines is 1. The molecule has 0 fully saturated rings. The van der Waals surface area contributed by atoms with Gasteiger partial charge in [-0.3, -0.25) is 0 Å². The summed E-state index contributed by atoms with van der Waals surface area (Å²) in [5.74, 6) is 1.51. The lowest BCUT2D eigenvalue weighted by molar-refractivity contribution is 0.308. The Bertz CT molecular complexity index is 474. The standard InChI is InChI=1S/C23H41NO2/c1-4-6-8-9-10-11-12-13-14-15-16-20-18-21(25-3)23(24)22(19-20)26-17-7-5-2/h18-19H,4-17,24H2,1-3H3. The zero-order valence-electron chi connectivity index (χ0n) is 17.4. The molecule has 0 atom stereocenters. The smallest absolute Gasteiger partial charge is 0.146 e. The maximum absolute atomic E-state index is 6.15. The lowest BCUT2D eigenvalue weighted by atomic mass is 10.0. The van der Waals surface area contributed by atoms with Gasteiger partial charge in [-0.2, -0.15) is 0 Å². The Hall–Kier alpha value is -1.38. The van der Waals surface area contributed by atoms with E-state index in [9.17, 15) is 0 Å². The first kappa shape index (κ1) is 22.7. The predicted molar refractivity (Wildman–Crippen MR) is 113 cm³/mol. The molecule has 0 aromatic heterocycles. The average molecular weight is 364 g/mol. The van der Waals surface area contributed by atoms with Crippen LogP contribution in [0.25, 0.3) is 0 Å². The van der Waals surface area contributed by atoms with Crippen LogP contribution in [0.5, 0.6) is 11.5 Å². The molecule has 0 saturated carbocycles. The molecule has 0 bridgehead atoms. The van der Waals surface area contributed by atoms with E-state index in [-0.39, 0.29) is 0 Å². The molecule has 0 aliphatic carbocycles. The van der Waals surface area contributed by atoms with Gasteiger partial charge in [-0.25, -0.2) is 0 Å². The summed E-state index contributed by atoms with van der Waals surface area (Å²) in [7, 11) is 1.67. The molecule has 2 N–H and O–H groups in total. The number of benzene rings is 1. The summed E-state index contributed by atoms with van der Waals surface area (Å²) in [6.45, 7) is 5.15. The molecule has 0 heterocycles. The van der Waals surface area contributed by atoms with Crippen LogP contribution in [0.1, 0.15) is 96.5 Å². The largest absolute Gasteiger partial charge is 0.494 e. The predicted octanol–water partition coefficient (Wildman–Crippen LogP) is 6.92. The van der Waals surface area contributed by atoms with Crippen LogP contribution in [0.4, 0.5) is 5.69 Å². The van der Waals surface area contributed by atoms with Crippen molar-refractivity contribution < 1.29 is 9.47 Å². The third-order valence-corrected chi connectivity index (χ3v) is 4.96. The maximum atomic E-state index is 6.15. The van der Waals surface area contributed by atoms with Crippen molar-refractivity contribution in [1.29, 1.82) is 0 Å². The van der Waals surface area contributed by atoms with Crippen molar-refractivity contribution in [2.75, 3.05) is 19.5 Å². The number of unbranched alkanes of at least 4 members (excludes halogenated alkanes) is 10. The molecule has 1 aromatic carbocycles. The van der Waals surface area contributed by atoms with Gasteiger partial charge in [0.05, 0.1) is 13.7 Å². The van der Waals surface area contributed by atoms with Crippen LogP contribution in [0, 0.1) is 0 Å². The van der Waals surface area contributed by atoms with Crippen LogP contribution in [0.2, 0.25) is 0 Å². The molecule has 0 spiro atoms. The highest BCUT2D eigenvalue weighted by Crippen LogP contribution is 2.34. The van der Waals surface area contributed by atoms with Crippen LogP contribution in [-0.4, -0.2) is 13.7 Å². The van der Waals surface area contributed by atoms with E-state index < -0.39 is 0 Å². The quantitative estimate of drug-likeness (QED) is 0.256. The van der Waals surface area contributed by atoms with Crippen molar-refractivity contribution in [2.24, 2.45) is 0 Å². The van der Waals surface area contributed by atoms with Gasteiger partial charge < -0.3 is 15.2 Å². The van der Waals surface area contributed by atoms with Gasteiger partial charge in [0.1, 0.15) is 17.2 Å². The monoisotopic (exact) mass is 363 g/mol. The number of methoxy groups -OCH3 is 1. The van der Waals surface area contributed by atoms with E-state index in [1.54, 1.807) is 7.11 Å². The van der Waals surface area contributed by atoms with Gasteiger partial charge in [-0.1, -0.05) is 78.1 Å². The minimum absolute atomic E-state index is 0.621. The van der Waals surface area contributed by atoms with Crippen LogP contribution in [0.15, 0.2) is 12.1 Å². The summed E-state index contributed by atoms with van der Waals surface area (Å²) >= 11 is 0. The number of ether oxygens (including phenoxy) is 2. The lowest BCUT2D eigenvalue weighted by Gasteiger charge is -2.14. The minimum Gasteiger partial charge on any atom is -0.494 e. The van der Waals surface area contributed by atoms with E-state index in [4.69, 9.17) is 15.2 Å². The van der Waals surface area contributed by atoms with E-state index in [0.717, 1.165) is 30.8 Å². The van der Waals surface area contributed by atoms with Crippen molar-refractivity contribution in [3.63, 3.8) is 0 Å². The van der Waals surface area contributed by atoms with Gasteiger partial charge in [0, 0.05) is 0 Å². The number of nitrogen functional groups attached to an aromatic ring is 1. The van der Waals surface area contributed by atoms with Crippen molar-refractivity contribution in [3.05, 3.63) is 17.7 Å². The van der Waals surface area contributed by atoms with Gasteiger partial charge in [-0.05, 0) is 37.0 Å². The molecule has 150 valence electrons. The second kappa shape index (κ2) is 14.8. The fourth-order valence-electron chi connectivity index (χ4n) is 3.23. The van der Waals surface area contributed by atoms with Gasteiger partial charge in [0.15, 0.2) is 0 Å². The molecule has 0 radical (unpaired) electrons. The SMILES string of the molecule is CCCCCCCCCCCCc1cc(OC)c(N)c(OCCCC)c1. The van der Waals surface area contributed by atoms with Gasteiger partial charge >= 0.3 is 0 Å². The maximum Gasteiger partial charge on any atom is 0.146 e. The molecular weight excluding hydrogens is 322 g/mol. The summed E-state index contributed by atoms with van der Waals surface area (Å²) in [5, 5.41) is 0. The van der Waals surface area contributed by atoms with Crippen molar-refractivity contribution in [1.82, 2.24) is 0 Å². The molecule has 3 heteroatoms. The number of nitrogens with two attached hydrogens (primary N) is 1. The summed E-state index contributed by atoms with van der Waals surface area (Å²) < 4.78 is 11.3. The molecule has 0 aliphatic rings. The summed E-state index contributed by atoms with van der Waals surface area (Å²) in [5.41, 5.74) is 8.03. The van der Waals surface area contributed by atoms with E-state index in [2.05, 4.69) is 26.0 Å². The second-order valence-electron chi connectivity index (χ2n) is 7.34. The Morgan fingerprint density at radius 1 is 0.731 bits per heavy atom. The highest BCUT2D eigenvalue weighted by Gasteiger charge is 2.10. The van der Waals surface area contributed by atoms with Crippen LogP contribution in [0.3, 0.4) is 0 Å². The Balaban J connectivity index is 2.29.